The van der Waals surface area contributed by atoms with Crippen LogP contribution in [-0.4, -0.2) is 59.9 Å². The number of carboxylic acids is 1. The van der Waals surface area contributed by atoms with E-state index in [0.29, 0.717) is 59.0 Å². The number of ether oxygens (including phenoxy) is 4. The summed E-state index contributed by atoms with van der Waals surface area (Å²) in [5, 5.41) is 33.8. The number of rotatable bonds is 15. The fourth-order valence-corrected chi connectivity index (χ4v) is 4.18. The molecule has 0 radical (unpaired) electrons. The smallest absolute Gasteiger partial charge is 0.323 e. The molecule has 1 aromatic heterocycles. The van der Waals surface area contributed by atoms with Gasteiger partial charge in [-0.2, -0.15) is 5.26 Å². The predicted octanol–water partition coefficient (Wildman–Crippen LogP) is 3.62. The number of nitriles is 1. The molecule has 228 valence electrons. The van der Waals surface area contributed by atoms with Crippen molar-refractivity contribution < 1.29 is 38.7 Å². The number of benzene rings is 2. The van der Waals surface area contributed by atoms with Crippen LogP contribution in [-0.2, 0) is 22.7 Å². The zero-order valence-electron chi connectivity index (χ0n) is 23.4. The molecule has 0 spiro atoms. The molecule has 1 aliphatic rings. The van der Waals surface area contributed by atoms with Crippen LogP contribution in [0.4, 0.5) is 5.69 Å². The third-order valence-electron chi connectivity index (χ3n) is 6.20. The van der Waals surface area contributed by atoms with E-state index in [9.17, 15) is 19.8 Å². The number of aliphatic hydroxyl groups is 1. The Morgan fingerprint density at radius 3 is 2.70 bits per heavy atom. The van der Waals surface area contributed by atoms with Gasteiger partial charge in [-0.05, 0) is 30.3 Å². The number of allylic oxidation sites excluding steroid dienone is 2. The summed E-state index contributed by atoms with van der Waals surface area (Å²) in [6.07, 6.45) is 8.53. The number of carbonyl (C=O) groups excluding carboxylic acids is 1. The first-order chi connectivity index (χ1) is 21.4. The zero-order valence-corrected chi connectivity index (χ0v) is 24.1. The molecule has 0 amide bonds. The molecule has 2 aromatic carbocycles. The number of nitrogens with zero attached hydrogens (tertiary/aromatic N) is 2. The van der Waals surface area contributed by atoms with Gasteiger partial charge < -0.3 is 34.5 Å². The average Bonchev–Trinajstić information content (AvgIpc) is 3.04. The maximum absolute atomic E-state index is 11.7. The lowest BCUT2D eigenvalue weighted by Crippen LogP contribution is -2.39. The Bertz CT molecular complexity index is 1590. The molecule has 1 aliphatic heterocycles. The molecule has 4 N–H and O–H groups in total. The normalized spacial score (nSPS) is 13.2. The van der Waals surface area contributed by atoms with Gasteiger partial charge in [0.15, 0.2) is 11.5 Å². The van der Waals surface area contributed by atoms with Gasteiger partial charge in [-0.15, -0.1) is 0 Å². The van der Waals surface area contributed by atoms with E-state index in [4.69, 9.17) is 35.8 Å². The molecule has 0 bridgehead atoms. The van der Waals surface area contributed by atoms with Gasteiger partial charge in [0, 0.05) is 59.7 Å². The first kappa shape index (κ1) is 31.8. The Morgan fingerprint density at radius 2 is 1.95 bits per heavy atom. The number of carboxylic acid groups (broad SMARTS) is 1. The van der Waals surface area contributed by atoms with Gasteiger partial charge in [-0.1, -0.05) is 17.7 Å². The summed E-state index contributed by atoms with van der Waals surface area (Å²) in [6.45, 7) is 0.319. The lowest BCUT2D eigenvalue weighted by molar-refractivity contribution is -0.140. The highest BCUT2D eigenvalue weighted by atomic mass is 35.5. The molecule has 2 heterocycles. The maximum Gasteiger partial charge on any atom is 0.323 e. The minimum absolute atomic E-state index is 0.00397. The minimum atomic E-state index is -1.22. The number of aldehydes is 1. The number of aromatic nitrogens is 1. The molecule has 44 heavy (non-hydrogen) atoms. The van der Waals surface area contributed by atoms with Gasteiger partial charge in [-0.3, -0.25) is 19.9 Å². The second-order valence-electron chi connectivity index (χ2n) is 9.34. The lowest BCUT2D eigenvalue weighted by atomic mass is 10.1. The zero-order chi connectivity index (χ0) is 31.3. The molecule has 12 nitrogen and oxygen atoms in total. The van der Waals surface area contributed by atoms with Crippen molar-refractivity contribution >= 4 is 29.5 Å². The number of aliphatic hydroxyl groups excluding tert-OH is 1. The monoisotopic (exact) mass is 620 g/mol. The highest BCUT2D eigenvalue weighted by Crippen LogP contribution is 2.34. The number of hydrogen-bond acceptors (Lipinski definition) is 11. The van der Waals surface area contributed by atoms with Crippen molar-refractivity contribution in [3.63, 3.8) is 0 Å². The van der Waals surface area contributed by atoms with E-state index < -0.39 is 18.6 Å². The van der Waals surface area contributed by atoms with Gasteiger partial charge in [0.2, 0.25) is 0 Å². The molecule has 13 heteroatoms. The summed E-state index contributed by atoms with van der Waals surface area (Å²) >= 11 is 6.47. The molecule has 0 unspecified atom stereocenters. The quantitative estimate of drug-likeness (QED) is 0.111. The molecule has 0 fully saturated rings. The Hall–Kier alpha value is -5.09. The fourth-order valence-electron chi connectivity index (χ4n) is 3.94. The first-order valence-electron chi connectivity index (χ1n) is 13.4. The van der Waals surface area contributed by atoms with Crippen LogP contribution in [0.1, 0.15) is 16.7 Å². The van der Waals surface area contributed by atoms with Crippen LogP contribution in [0.5, 0.6) is 23.0 Å². The topological polar surface area (TPSA) is 172 Å². The summed E-state index contributed by atoms with van der Waals surface area (Å²) < 4.78 is 22.9. The second kappa shape index (κ2) is 15.9. The Morgan fingerprint density at radius 1 is 1.14 bits per heavy atom. The van der Waals surface area contributed by atoms with E-state index in [0.717, 1.165) is 5.69 Å². The van der Waals surface area contributed by atoms with Crippen molar-refractivity contribution in [2.24, 2.45) is 0 Å². The average molecular weight is 621 g/mol. The molecular formula is C31H29ClN4O8. The first-order valence-corrected chi connectivity index (χ1v) is 13.7. The number of halogens is 1. The number of hydrogen-bond donors (Lipinski definition) is 4. The van der Waals surface area contributed by atoms with E-state index in [-0.39, 0.29) is 30.5 Å². The second-order valence-corrected chi connectivity index (χ2v) is 9.74. The molecule has 1 atom stereocenters. The van der Waals surface area contributed by atoms with Crippen molar-refractivity contribution in [2.75, 3.05) is 31.7 Å². The van der Waals surface area contributed by atoms with E-state index in [1.54, 1.807) is 36.7 Å². The van der Waals surface area contributed by atoms with Crippen molar-refractivity contribution in [1.82, 2.24) is 10.3 Å². The van der Waals surface area contributed by atoms with E-state index >= 15 is 0 Å². The van der Waals surface area contributed by atoms with Gasteiger partial charge in [-0.25, -0.2) is 0 Å². The SMILES string of the molecule is N#Cc1cncc(COc2cc(OC/C(C=O)=C/C=C\Nc3ccc4c(c3)OCCO4)c(Cl)cc2CN[C@H](CO)C(=O)O)c1. The highest BCUT2D eigenvalue weighted by Gasteiger charge is 2.18. The van der Waals surface area contributed by atoms with Crippen LogP contribution in [0.15, 0.2) is 72.7 Å². The van der Waals surface area contributed by atoms with E-state index in [2.05, 4.69) is 15.6 Å². The van der Waals surface area contributed by atoms with Crippen LogP contribution < -0.4 is 29.6 Å². The Kier molecular flexibility index (Phi) is 11.5. The summed E-state index contributed by atoms with van der Waals surface area (Å²) in [4.78, 5) is 27.1. The minimum Gasteiger partial charge on any atom is -0.488 e. The van der Waals surface area contributed by atoms with E-state index in [1.165, 1.54) is 12.3 Å². The van der Waals surface area contributed by atoms with Crippen LogP contribution >= 0.6 is 11.6 Å². The third kappa shape index (κ3) is 8.95. The van der Waals surface area contributed by atoms with Crippen molar-refractivity contribution in [2.45, 2.75) is 19.2 Å². The van der Waals surface area contributed by atoms with Gasteiger partial charge in [0.05, 0.1) is 17.2 Å². The van der Waals surface area contributed by atoms with E-state index in [1.807, 2.05) is 24.3 Å². The highest BCUT2D eigenvalue weighted by molar-refractivity contribution is 6.32. The van der Waals surface area contributed by atoms with Gasteiger partial charge in [0.1, 0.15) is 56.3 Å². The van der Waals surface area contributed by atoms with Gasteiger partial charge >= 0.3 is 5.97 Å². The standard InChI is InChI=1S/C31H29ClN4O8/c32-25-9-23(15-36-26(17-38)31(39)40)28(43-19-22-8-21(12-33)13-34-14-22)11-29(25)44-18-20(16-37)2-1-5-35-24-3-4-27-30(10-24)42-7-6-41-27/h1-5,8-11,13-14,16,26,35-36,38H,6-7,15,17-19H2,(H,39,40)/b5-1-,20-2+/t26-/m1/s1. The molecule has 3 aromatic rings. The lowest BCUT2D eigenvalue weighted by Gasteiger charge is -2.18. The number of aliphatic carboxylic acids is 1. The van der Waals surface area contributed by atoms with Crippen molar-refractivity contribution in [3.05, 3.63) is 94.4 Å². The molecule has 4 rings (SSSR count). The number of nitrogens with one attached hydrogen (secondary N) is 2. The number of pyridine rings is 1. The van der Waals surface area contributed by atoms with Gasteiger partial charge in [0.25, 0.3) is 0 Å². The van der Waals surface area contributed by atoms with Crippen LogP contribution in [0.25, 0.3) is 0 Å². The Labute approximate surface area is 258 Å². The summed E-state index contributed by atoms with van der Waals surface area (Å²) in [5.74, 6) is 0.641. The summed E-state index contributed by atoms with van der Waals surface area (Å²) in [6, 6.07) is 11.0. The largest absolute Gasteiger partial charge is 0.488 e. The van der Waals surface area contributed by atoms with Crippen molar-refractivity contribution in [1.29, 1.82) is 5.26 Å². The van der Waals surface area contributed by atoms with Crippen LogP contribution in [0.2, 0.25) is 5.02 Å². The third-order valence-corrected chi connectivity index (χ3v) is 6.49. The molecule has 0 aliphatic carbocycles. The van der Waals surface area contributed by atoms with Crippen LogP contribution in [0, 0.1) is 11.3 Å². The number of anilines is 1. The molecule has 0 saturated carbocycles. The van der Waals surface area contributed by atoms with Crippen molar-refractivity contribution in [3.8, 4) is 29.1 Å². The maximum atomic E-state index is 11.7. The Balaban J connectivity index is 1.44. The molecular weight excluding hydrogens is 592 g/mol. The predicted molar refractivity (Wildman–Crippen MR) is 160 cm³/mol. The van der Waals surface area contributed by atoms with Crippen LogP contribution in [0.3, 0.4) is 0 Å². The summed E-state index contributed by atoms with van der Waals surface area (Å²) in [7, 11) is 0. The summed E-state index contributed by atoms with van der Waals surface area (Å²) in [5.41, 5.74) is 2.58. The fraction of sp³-hybridized carbons (Fsp3) is 0.226. The number of carbonyl (C=O) groups is 2. The number of fused-ring (bicyclic) bond motifs is 1. The molecule has 0 saturated heterocycles.